The summed E-state index contributed by atoms with van der Waals surface area (Å²) in [6.45, 7) is 0.159. The normalized spacial score (nSPS) is 14.4. The van der Waals surface area contributed by atoms with Crippen LogP contribution in [0.2, 0.25) is 0 Å². The number of nitriles is 1. The number of hydrogen-bond donors (Lipinski definition) is 1. The summed E-state index contributed by atoms with van der Waals surface area (Å²) >= 11 is 1.57. The summed E-state index contributed by atoms with van der Waals surface area (Å²) in [7, 11) is 0. The molecule has 1 saturated carbocycles. The highest BCUT2D eigenvalue weighted by Gasteiger charge is 2.36. The van der Waals surface area contributed by atoms with Gasteiger partial charge in [-0.1, -0.05) is 17.3 Å². The van der Waals surface area contributed by atoms with Gasteiger partial charge in [-0.2, -0.15) is 5.26 Å². The number of aliphatic hydroxyl groups is 1. The summed E-state index contributed by atoms with van der Waals surface area (Å²) in [4.78, 5) is 4.67. The Balaban J connectivity index is 1.29. The van der Waals surface area contributed by atoms with Crippen LogP contribution in [0.5, 0.6) is 5.75 Å². The molecule has 0 aliphatic heterocycles. The molecule has 0 spiro atoms. The molecule has 0 unspecified atom stereocenters. The molecule has 0 radical (unpaired) electrons. The number of para-hydroxylation sites is 1. The van der Waals surface area contributed by atoms with Gasteiger partial charge in [-0.15, -0.1) is 24.5 Å². The molecule has 11 heteroatoms. The monoisotopic (exact) mass is 571 g/mol. The van der Waals surface area contributed by atoms with E-state index in [9.17, 15) is 18.3 Å². The number of alkyl halides is 3. The standard InChI is InChI=1S/C29H28F3N3O4S/c30-29(31,32)38-24-8-2-1-7-21(24)27-22(28(39-35-27)19-11-12-19)17-37-20(6-4-14-36)5-3-9-26-34-23-13-10-18(16-33)15-25(23)40-26/h1-2,7-8,10,13,15,19-20,36H,3-6,9,11-12,14,17H2/t20-/m0/s1. The highest BCUT2D eigenvalue weighted by Crippen LogP contribution is 2.45. The van der Waals surface area contributed by atoms with Gasteiger partial charge in [-0.25, -0.2) is 4.98 Å². The summed E-state index contributed by atoms with van der Waals surface area (Å²) in [5.41, 5.74) is 2.58. The fourth-order valence-corrected chi connectivity index (χ4v) is 5.72. The smallest absolute Gasteiger partial charge is 0.405 e. The summed E-state index contributed by atoms with van der Waals surface area (Å²) in [5, 5.41) is 23.7. The van der Waals surface area contributed by atoms with E-state index in [4.69, 9.17) is 14.5 Å². The Kier molecular flexibility index (Phi) is 8.69. The van der Waals surface area contributed by atoms with Gasteiger partial charge in [0.2, 0.25) is 0 Å². The molecule has 7 nitrogen and oxygen atoms in total. The average Bonchev–Trinajstić information content (AvgIpc) is 3.56. The molecule has 0 bridgehead atoms. The van der Waals surface area contributed by atoms with Crippen LogP contribution in [-0.4, -0.2) is 34.3 Å². The maximum atomic E-state index is 13.1. The van der Waals surface area contributed by atoms with Crippen LogP contribution in [-0.2, 0) is 17.8 Å². The molecular formula is C29H28F3N3O4S. The van der Waals surface area contributed by atoms with Crippen LogP contribution in [0.4, 0.5) is 13.2 Å². The van der Waals surface area contributed by atoms with Crippen molar-refractivity contribution in [1.82, 2.24) is 10.1 Å². The van der Waals surface area contributed by atoms with Crippen molar-refractivity contribution in [1.29, 1.82) is 5.26 Å². The molecule has 0 amide bonds. The second kappa shape index (κ2) is 12.4. The molecule has 1 aliphatic carbocycles. The molecule has 5 rings (SSSR count). The van der Waals surface area contributed by atoms with Gasteiger partial charge in [0.25, 0.3) is 0 Å². The average molecular weight is 572 g/mol. The number of hydrogen-bond acceptors (Lipinski definition) is 8. The zero-order valence-corrected chi connectivity index (χ0v) is 22.4. The van der Waals surface area contributed by atoms with Crippen molar-refractivity contribution in [3.8, 4) is 23.1 Å². The third-order valence-electron chi connectivity index (χ3n) is 6.76. The lowest BCUT2D eigenvalue weighted by Gasteiger charge is -2.18. The van der Waals surface area contributed by atoms with Crippen LogP contribution in [0, 0.1) is 11.3 Å². The Morgan fingerprint density at radius 3 is 2.70 bits per heavy atom. The lowest BCUT2D eigenvalue weighted by molar-refractivity contribution is -0.274. The molecule has 0 saturated heterocycles. The number of benzene rings is 2. The summed E-state index contributed by atoms with van der Waals surface area (Å²) in [5.74, 6) is 0.470. The van der Waals surface area contributed by atoms with E-state index in [0.717, 1.165) is 40.9 Å². The zero-order chi connectivity index (χ0) is 28.1. The number of aromatic nitrogens is 2. The van der Waals surface area contributed by atoms with Crippen molar-refractivity contribution in [2.45, 2.75) is 69.9 Å². The molecule has 210 valence electrons. The summed E-state index contributed by atoms with van der Waals surface area (Å²) < 4.78 is 56.4. The number of halogens is 3. The highest BCUT2D eigenvalue weighted by molar-refractivity contribution is 7.18. The first-order valence-corrected chi connectivity index (χ1v) is 14.0. The first kappa shape index (κ1) is 28.1. The van der Waals surface area contributed by atoms with Crippen LogP contribution in [0.1, 0.15) is 66.3 Å². The fourth-order valence-electron chi connectivity index (χ4n) is 4.68. The maximum Gasteiger partial charge on any atom is 0.573 e. The van der Waals surface area contributed by atoms with Gasteiger partial charge in [0.05, 0.1) is 39.6 Å². The lowest BCUT2D eigenvalue weighted by Crippen LogP contribution is -2.18. The third-order valence-corrected chi connectivity index (χ3v) is 7.84. The second-order valence-corrected chi connectivity index (χ2v) is 10.9. The Hall–Kier alpha value is -3.46. The molecule has 4 aromatic rings. The first-order chi connectivity index (χ1) is 19.3. The minimum Gasteiger partial charge on any atom is -0.405 e. The maximum absolute atomic E-state index is 13.1. The van der Waals surface area contributed by atoms with E-state index in [0.29, 0.717) is 36.1 Å². The van der Waals surface area contributed by atoms with E-state index < -0.39 is 6.36 Å². The highest BCUT2D eigenvalue weighted by atomic mass is 32.1. The van der Waals surface area contributed by atoms with Crippen molar-refractivity contribution in [2.24, 2.45) is 0 Å². The Morgan fingerprint density at radius 1 is 1.15 bits per heavy atom. The van der Waals surface area contributed by atoms with E-state index in [1.807, 2.05) is 12.1 Å². The largest absolute Gasteiger partial charge is 0.573 e. The molecular weight excluding hydrogens is 543 g/mol. The van der Waals surface area contributed by atoms with Crippen LogP contribution >= 0.6 is 11.3 Å². The predicted octanol–water partition coefficient (Wildman–Crippen LogP) is 7.28. The van der Waals surface area contributed by atoms with Gasteiger partial charge in [-0.3, -0.25) is 0 Å². The van der Waals surface area contributed by atoms with E-state index in [1.165, 1.54) is 18.2 Å². The topological polar surface area (TPSA) is 101 Å². The van der Waals surface area contributed by atoms with Gasteiger partial charge in [-0.05, 0) is 75.3 Å². The third kappa shape index (κ3) is 6.99. The molecule has 1 fully saturated rings. The van der Waals surface area contributed by atoms with Crippen LogP contribution in [0.25, 0.3) is 21.5 Å². The van der Waals surface area contributed by atoms with E-state index >= 15 is 0 Å². The summed E-state index contributed by atoms with van der Waals surface area (Å²) in [6.07, 6.45) is 0.292. The number of rotatable bonds is 13. The van der Waals surface area contributed by atoms with Gasteiger partial charge >= 0.3 is 6.36 Å². The number of fused-ring (bicyclic) bond motifs is 1. The number of nitrogens with zero attached hydrogens (tertiary/aromatic N) is 3. The van der Waals surface area contributed by atoms with Gasteiger partial charge < -0.3 is 19.1 Å². The van der Waals surface area contributed by atoms with E-state index in [2.05, 4.69) is 20.9 Å². The quantitative estimate of drug-likeness (QED) is 0.180. The molecule has 2 aromatic carbocycles. The number of aryl methyl sites for hydroxylation is 1. The molecule has 1 N–H and O–H groups in total. The van der Waals surface area contributed by atoms with E-state index in [-0.39, 0.29) is 42.2 Å². The van der Waals surface area contributed by atoms with Crippen LogP contribution < -0.4 is 4.74 Å². The zero-order valence-electron chi connectivity index (χ0n) is 21.6. The van der Waals surface area contributed by atoms with Crippen molar-refractivity contribution < 1.29 is 32.3 Å². The SMILES string of the molecule is N#Cc1ccc2nc(CCC[C@@H](CCCO)OCc3c(-c4ccccc4OC(F)(F)F)noc3C3CC3)sc2c1. The Morgan fingerprint density at radius 2 is 1.95 bits per heavy atom. The van der Waals surface area contributed by atoms with Crippen molar-refractivity contribution in [3.63, 3.8) is 0 Å². The minimum absolute atomic E-state index is 0.0347. The van der Waals surface area contributed by atoms with Gasteiger partial charge in [0.15, 0.2) is 0 Å². The van der Waals surface area contributed by atoms with Crippen molar-refractivity contribution in [3.05, 3.63) is 64.4 Å². The molecule has 2 aromatic heterocycles. The van der Waals surface area contributed by atoms with Crippen LogP contribution in [0.3, 0.4) is 0 Å². The lowest BCUT2D eigenvalue weighted by atomic mass is 10.0. The Labute approximate surface area is 233 Å². The molecule has 1 atom stereocenters. The predicted molar refractivity (Wildman–Crippen MR) is 143 cm³/mol. The molecule has 1 aliphatic rings. The van der Waals surface area contributed by atoms with E-state index in [1.54, 1.807) is 23.5 Å². The minimum atomic E-state index is -4.84. The number of ether oxygens (including phenoxy) is 2. The van der Waals surface area contributed by atoms with Crippen molar-refractivity contribution in [2.75, 3.05) is 6.61 Å². The number of aliphatic hydroxyl groups excluding tert-OH is 1. The number of thiazole rings is 1. The first-order valence-electron chi connectivity index (χ1n) is 13.2. The molecule has 2 heterocycles. The van der Waals surface area contributed by atoms with Crippen LogP contribution in [0.15, 0.2) is 47.0 Å². The molecule has 40 heavy (non-hydrogen) atoms. The summed E-state index contributed by atoms with van der Waals surface area (Å²) in [6, 6.07) is 13.5. The van der Waals surface area contributed by atoms with Gasteiger partial charge in [0, 0.05) is 23.7 Å². The second-order valence-electron chi connectivity index (χ2n) is 9.79. The fraction of sp³-hybridized carbons (Fsp3) is 0.414. The van der Waals surface area contributed by atoms with Crippen molar-refractivity contribution >= 4 is 21.6 Å². The van der Waals surface area contributed by atoms with Gasteiger partial charge in [0.1, 0.15) is 17.2 Å². The Bertz CT molecular complexity index is 1490.